The first-order chi connectivity index (χ1) is 8.60. The van der Waals surface area contributed by atoms with Crippen molar-refractivity contribution in [1.29, 1.82) is 5.26 Å². The van der Waals surface area contributed by atoms with Gasteiger partial charge in [0.2, 0.25) is 0 Å². The predicted molar refractivity (Wildman–Crippen MR) is 76.2 cm³/mol. The molecule has 2 aromatic carbocycles. The zero-order valence-electron chi connectivity index (χ0n) is 9.05. The van der Waals surface area contributed by atoms with Crippen molar-refractivity contribution in [1.82, 2.24) is 0 Å². The molecule has 0 unspecified atom stereocenters. The molecule has 0 fully saturated rings. The minimum atomic E-state index is -0.426. The molecule has 2 aromatic rings. The lowest BCUT2D eigenvalue weighted by atomic mass is 10.2. The lowest BCUT2D eigenvalue weighted by Gasteiger charge is -2.10. The number of hydrogen-bond donors (Lipinski definition) is 1. The van der Waals surface area contributed by atoms with Crippen LogP contribution in [0.1, 0.15) is 5.56 Å². The van der Waals surface area contributed by atoms with Crippen LogP contribution < -0.4 is 5.32 Å². The molecule has 0 saturated carbocycles. The monoisotopic (exact) mass is 368 g/mol. The van der Waals surface area contributed by atoms with E-state index in [0.717, 1.165) is 14.6 Å². The quantitative estimate of drug-likeness (QED) is 0.811. The maximum atomic E-state index is 13.0. The minimum Gasteiger partial charge on any atom is -0.353 e. The molecule has 0 saturated heterocycles. The summed E-state index contributed by atoms with van der Waals surface area (Å²) in [6.07, 6.45) is 0. The van der Waals surface area contributed by atoms with E-state index >= 15 is 0 Å². The summed E-state index contributed by atoms with van der Waals surface area (Å²) in [6, 6.07) is 11.7. The van der Waals surface area contributed by atoms with Gasteiger partial charge in [0.05, 0.1) is 16.9 Å². The Hall–Kier alpha value is -1.38. The van der Waals surface area contributed by atoms with Crippen LogP contribution in [0.5, 0.6) is 0 Å². The van der Waals surface area contributed by atoms with Gasteiger partial charge in [0.15, 0.2) is 0 Å². The number of hydrogen-bond acceptors (Lipinski definition) is 2. The Morgan fingerprint density at radius 1 is 1.06 bits per heavy atom. The fourth-order valence-electron chi connectivity index (χ4n) is 1.46. The average molecular weight is 370 g/mol. The van der Waals surface area contributed by atoms with E-state index < -0.39 is 5.82 Å². The second-order valence-electron chi connectivity index (χ2n) is 3.55. The van der Waals surface area contributed by atoms with Gasteiger partial charge in [-0.25, -0.2) is 4.39 Å². The molecule has 0 aliphatic rings. The largest absolute Gasteiger partial charge is 0.353 e. The fraction of sp³-hybridized carbons (Fsp3) is 0. The van der Waals surface area contributed by atoms with E-state index in [2.05, 4.69) is 37.2 Å². The van der Waals surface area contributed by atoms with Crippen molar-refractivity contribution >= 4 is 43.2 Å². The summed E-state index contributed by atoms with van der Waals surface area (Å²) in [5, 5.41) is 12.1. The smallest absolute Gasteiger partial charge is 0.124 e. The van der Waals surface area contributed by atoms with Gasteiger partial charge < -0.3 is 5.32 Å². The summed E-state index contributed by atoms with van der Waals surface area (Å²) in [7, 11) is 0. The van der Waals surface area contributed by atoms with Gasteiger partial charge in [-0.2, -0.15) is 5.26 Å². The third-order valence-corrected chi connectivity index (χ3v) is 3.48. The van der Waals surface area contributed by atoms with Crippen LogP contribution in [0.3, 0.4) is 0 Å². The number of benzene rings is 2. The van der Waals surface area contributed by atoms with Crippen molar-refractivity contribution < 1.29 is 4.39 Å². The van der Waals surface area contributed by atoms with Crippen molar-refractivity contribution in [3.63, 3.8) is 0 Å². The third kappa shape index (κ3) is 2.89. The van der Waals surface area contributed by atoms with Crippen LogP contribution in [-0.2, 0) is 0 Å². The van der Waals surface area contributed by atoms with Crippen LogP contribution in [0.4, 0.5) is 15.8 Å². The zero-order valence-corrected chi connectivity index (χ0v) is 12.2. The molecule has 5 heteroatoms. The summed E-state index contributed by atoms with van der Waals surface area (Å²) in [5.41, 5.74) is 1.63. The summed E-state index contributed by atoms with van der Waals surface area (Å²) in [5.74, 6) is -0.426. The SMILES string of the molecule is N#Cc1cc(F)ccc1Nc1cc(Br)ccc1Br. The first-order valence-corrected chi connectivity index (χ1v) is 6.60. The Labute approximate surface area is 121 Å². The van der Waals surface area contributed by atoms with E-state index in [1.54, 1.807) is 6.07 Å². The second kappa shape index (κ2) is 5.51. The molecule has 18 heavy (non-hydrogen) atoms. The molecule has 0 aromatic heterocycles. The number of nitrogens with one attached hydrogen (secondary N) is 1. The highest BCUT2D eigenvalue weighted by Crippen LogP contribution is 2.30. The molecule has 1 N–H and O–H groups in total. The Kier molecular flexibility index (Phi) is 4.00. The molecule has 0 heterocycles. The Morgan fingerprint density at radius 2 is 1.83 bits per heavy atom. The van der Waals surface area contributed by atoms with Gasteiger partial charge in [0.25, 0.3) is 0 Å². The van der Waals surface area contributed by atoms with E-state index in [1.165, 1.54) is 12.1 Å². The number of nitrogens with zero attached hydrogens (tertiary/aromatic N) is 1. The maximum absolute atomic E-state index is 13.0. The molecule has 90 valence electrons. The first kappa shape index (κ1) is 13.1. The number of rotatable bonds is 2. The Balaban J connectivity index is 2.40. The van der Waals surface area contributed by atoms with Gasteiger partial charge in [0.1, 0.15) is 11.9 Å². The maximum Gasteiger partial charge on any atom is 0.124 e. The van der Waals surface area contributed by atoms with Crippen molar-refractivity contribution in [2.45, 2.75) is 0 Å². The van der Waals surface area contributed by atoms with Crippen molar-refractivity contribution in [3.8, 4) is 6.07 Å². The second-order valence-corrected chi connectivity index (χ2v) is 5.32. The number of anilines is 2. The third-order valence-electron chi connectivity index (χ3n) is 2.30. The van der Waals surface area contributed by atoms with Crippen LogP contribution >= 0.6 is 31.9 Å². The van der Waals surface area contributed by atoms with Crippen molar-refractivity contribution in [3.05, 3.63) is 56.7 Å². The summed E-state index contributed by atoms with van der Waals surface area (Å²) >= 11 is 6.78. The van der Waals surface area contributed by atoms with Crippen LogP contribution in [0.2, 0.25) is 0 Å². The Bertz CT molecular complexity index is 635. The normalized spacial score (nSPS) is 9.89. The van der Waals surface area contributed by atoms with E-state index in [0.29, 0.717) is 5.69 Å². The zero-order chi connectivity index (χ0) is 13.1. The molecule has 0 amide bonds. The van der Waals surface area contributed by atoms with Crippen LogP contribution in [0.25, 0.3) is 0 Å². The molecule has 0 aliphatic heterocycles. The minimum absolute atomic E-state index is 0.266. The standard InChI is InChI=1S/C13H7Br2FN2/c14-9-1-3-11(15)13(6-9)18-12-4-2-10(16)5-8(12)7-17/h1-6,18H. The van der Waals surface area contributed by atoms with Gasteiger partial charge in [-0.3, -0.25) is 0 Å². The van der Waals surface area contributed by atoms with E-state index in [4.69, 9.17) is 5.26 Å². The summed E-state index contributed by atoms with van der Waals surface area (Å²) < 4.78 is 14.8. The van der Waals surface area contributed by atoms with Gasteiger partial charge in [-0.15, -0.1) is 0 Å². The molecule has 0 spiro atoms. The van der Waals surface area contributed by atoms with Crippen LogP contribution in [0.15, 0.2) is 45.3 Å². The molecule has 2 nitrogen and oxygen atoms in total. The predicted octanol–water partition coefficient (Wildman–Crippen LogP) is 4.97. The van der Waals surface area contributed by atoms with Gasteiger partial charge in [-0.05, 0) is 52.3 Å². The molecule has 0 radical (unpaired) electrons. The lowest BCUT2D eigenvalue weighted by molar-refractivity contribution is 0.627. The Morgan fingerprint density at radius 3 is 2.56 bits per heavy atom. The summed E-state index contributed by atoms with van der Waals surface area (Å²) in [6.45, 7) is 0. The average Bonchev–Trinajstić information content (AvgIpc) is 2.36. The van der Waals surface area contributed by atoms with E-state index in [1.807, 2.05) is 24.3 Å². The molecule has 0 atom stereocenters. The highest BCUT2D eigenvalue weighted by Gasteiger charge is 2.06. The van der Waals surface area contributed by atoms with Crippen molar-refractivity contribution in [2.24, 2.45) is 0 Å². The lowest BCUT2D eigenvalue weighted by Crippen LogP contribution is -1.95. The topological polar surface area (TPSA) is 35.8 Å². The van der Waals surface area contributed by atoms with Crippen LogP contribution in [0, 0.1) is 17.1 Å². The summed E-state index contributed by atoms with van der Waals surface area (Å²) in [4.78, 5) is 0. The molecule has 2 rings (SSSR count). The van der Waals surface area contributed by atoms with Gasteiger partial charge in [0, 0.05) is 8.95 Å². The number of nitriles is 1. The van der Waals surface area contributed by atoms with E-state index in [-0.39, 0.29) is 5.56 Å². The van der Waals surface area contributed by atoms with Gasteiger partial charge in [-0.1, -0.05) is 15.9 Å². The number of halogens is 3. The highest BCUT2D eigenvalue weighted by atomic mass is 79.9. The van der Waals surface area contributed by atoms with E-state index in [9.17, 15) is 4.39 Å². The highest BCUT2D eigenvalue weighted by molar-refractivity contribution is 9.11. The van der Waals surface area contributed by atoms with Crippen LogP contribution in [-0.4, -0.2) is 0 Å². The fourth-order valence-corrected chi connectivity index (χ4v) is 2.16. The molecular formula is C13H7Br2FN2. The van der Waals surface area contributed by atoms with Crippen molar-refractivity contribution in [2.75, 3.05) is 5.32 Å². The molecular weight excluding hydrogens is 363 g/mol. The molecule has 0 bridgehead atoms. The van der Waals surface area contributed by atoms with Gasteiger partial charge >= 0.3 is 0 Å². The molecule has 0 aliphatic carbocycles. The first-order valence-electron chi connectivity index (χ1n) is 5.02.